The van der Waals surface area contributed by atoms with Crippen LogP contribution in [0.25, 0.3) is 0 Å². The predicted octanol–water partition coefficient (Wildman–Crippen LogP) is 3.10. The van der Waals surface area contributed by atoms with Gasteiger partial charge in [-0.25, -0.2) is 0 Å². The van der Waals surface area contributed by atoms with Gasteiger partial charge >= 0.3 is 0 Å². The molecule has 0 bridgehead atoms. The van der Waals surface area contributed by atoms with Crippen LogP contribution in [0.5, 0.6) is 0 Å². The molecule has 0 atom stereocenters. The van der Waals surface area contributed by atoms with Crippen molar-refractivity contribution in [1.29, 1.82) is 0 Å². The molecule has 2 aromatic rings. The van der Waals surface area contributed by atoms with Crippen molar-refractivity contribution >= 4 is 23.2 Å². The zero-order chi connectivity index (χ0) is 17.5. The molecule has 3 N–H and O–H groups in total. The number of anilines is 2. The molecule has 126 valence electrons. The average Bonchev–Trinajstić information content (AvgIpc) is 2.52. The van der Waals surface area contributed by atoms with Gasteiger partial charge in [0.05, 0.1) is 6.54 Å². The Labute approximate surface area is 142 Å². The standard InChI is InChI=1S/C19H23N3O2/c1-4-20-19(24)15-5-7-16(8-6-15)21-12-18(23)22-17-10-13(2)9-14(3)11-17/h5-11,21H,4,12H2,1-3H3,(H,20,24)(H,22,23). The van der Waals surface area contributed by atoms with Crippen LogP contribution in [-0.4, -0.2) is 24.9 Å². The van der Waals surface area contributed by atoms with Crippen LogP contribution in [0.4, 0.5) is 11.4 Å². The van der Waals surface area contributed by atoms with Crippen molar-refractivity contribution in [3.05, 3.63) is 59.2 Å². The first-order valence-electron chi connectivity index (χ1n) is 7.98. The van der Waals surface area contributed by atoms with Gasteiger partial charge in [-0.05, 0) is 68.3 Å². The second-order valence-corrected chi connectivity index (χ2v) is 5.71. The van der Waals surface area contributed by atoms with E-state index in [4.69, 9.17) is 0 Å². The van der Waals surface area contributed by atoms with E-state index in [9.17, 15) is 9.59 Å². The molecule has 2 amide bonds. The molecule has 0 spiro atoms. The summed E-state index contributed by atoms with van der Waals surface area (Å²) in [5, 5.41) is 8.67. The van der Waals surface area contributed by atoms with Gasteiger partial charge in [0.2, 0.25) is 5.91 Å². The number of rotatable bonds is 6. The van der Waals surface area contributed by atoms with Crippen LogP contribution in [0.15, 0.2) is 42.5 Å². The molecule has 0 aromatic heterocycles. The molecule has 0 saturated carbocycles. The van der Waals surface area contributed by atoms with E-state index < -0.39 is 0 Å². The molecule has 5 nitrogen and oxygen atoms in total. The van der Waals surface area contributed by atoms with E-state index in [0.29, 0.717) is 12.1 Å². The predicted molar refractivity (Wildman–Crippen MR) is 97.5 cm³/mol. The highest BCUT2D eigenvalue weighted by atomic mass is 16.2. The Morgan fingerprint density at radius 3 is 2.12 bits per heavy atom. The summed E-state index contributed by atoms with van der Waals surface area (Å²) in [5.41, 5.74) is 4.41. The summed E-state index contributed by atoms with van der Waals surface area (Å²) < 4.78 is 0. The zero-order valence-corrected chi connectivity index (χ0v) is 14.3. The lowest BCUT2D eigenvalue weighted by atomic mass is 10.1. The van der Waals surface area contributed by atoms with Crippen LogP contribution in [0.3, 0.4) is 0 Å². The summed E-state index contributed by atoms with van der Waals surface area (Å²) in [7, 11) is 0. The number of hydrogen-bond donors (Lipinski definition) is 3. The molecular formula is C19H23N3O2. The molecule has 0 radical (unpaired) electrons. The Bertz CT molecular complexity index is 704. The van der Waals surface area contributed by atoms with Crippen molar-refractivity contribution in [2.45, 2.75) is 20.8 Å². The van der Waals surface area contributed by atoms with Gasteiger partial charge in [-0.3, -0.25) is 9.59 Å². The Kier molecular flexibility index (Phi) is 5.95. The number of carbonyl (C=O) groups excluding carboxylic acids is 2. The minimum absolute atomic E-state index is 0.100. The SMILES string of the molecule is CCNC(=O)c1ccc(NCC(=O)Nc2cc(C)cc(C)c2)cc1. The van der Waals surface area contributed by atoms with Gasteiger partial charge in [-0.2, -0.15) is 0 Å². The maximum atomic E-state index is 12.0. The number of carbonyl (C=O) groups is 2. The highest BCUT2D eigenvalue weighted by molar-refractivity contribution is 5.95. The van der Waals surface area contributed by atoms with Crippen LogP contribution in [-0.2, 0) is 4.79 Å². The van der Waals surface area contributed by atoms with Gasteiger partial charge in [-0.15, -0.1) is 0 Å². The third kappa shape index (κ3) is 5.12. The van der Waals surface area contributed by atoms with Crippen LogP contribution in [0.1, 0.15) is 28.4 Å². The van der Waals surface area contributed by atoms with Crippen molar-refractivity contribution in [3.63, 3.8) is 0 Å². The number of benzene rings is 2. The smallest absolute Gasteiger partial charge is 0.251 e. The van der Waals surface area contributed by atoms with Crippen LogP contribution < -0.4 is 16.0 Å². The van der Waals surface area contributed by atoms with Gasteiger partial charge in [0, 0.05) is 23.5 Å². The molecule has 2 aromatic carbocycles. The van der Waals surface area contributed by atoms with Crippen LogP contribution >= 0.6 is 0 Å². The summed E-state index contributed by atoms with van der Waals surface area (Å²) in [6, 6.07) is 13.0. The molecule has 0 heterocycles. The van der Waals surface area contributed by atoms with E-state index in [1.54, 1.807) is 24.3 Å². The molecular weight excluding hydrogens is 302 g/mol. The van der Waals surface area contributed by atoms with Crippen molar-refractivity contribution in [3.8, 4) is 0 Å². The van der Waals surface area contributed by atoms with Gasteiger partial charge in [0.1, 0.15) is 0 Å². The maximum Gasteiger partial charge on any atom is 0.251 e. The van der Waals surface area contributed by atoms with Crippen molar-refractivity contribution in [2.24, 2.45) is 0 Å². The first-order valence-corrected chi connectivity index (χ1v) is 7.98. The van der Waals surface area contributed by atoms with Crippen LogP contribution in [0, 0.1) is 13.8 Å². The van der Waals surface area contributed by atoms with E-state index in [0.717, 1.165) is 22.5 Å². The second-order valence-electron chi connectivity index (χ2n) is 5.71. The lowest BCUT2D eigenvalue weighted by Crippen LogP contribution is -2.23. The first-order chi connectivity index (χ1) is 11.5. The fourth-order valence-corrected chi connectivity index (χ4v) is 2.44. The zero-order valence-electron chi connectivity index (χ0n) is 14.3. The first kappa shape index (κ1) is 17.5. The van der Waals surface area contributed by atoms with Crippen molar-refractivity contribution in [2.75, 3.05) is 23.7 Å². The summed E-state index contributed by atoms with van der Waals surface area (Å²) in [5.74, 6) is -0.218. The summed E-state index contributed by atoms with van der Waals surface area (Å²) in [6.07, 6.45) is 0. The third-order valence-electron chi connectivity index (χ3n) is 3.44. The summed E-state index contributed by atoms with van der Waals surface area (Å²) in [4.78, 5) is 23.7. The maximum absolute atomic E-state index is 12.0. The van der Waals surface area contributed by atoms with Crippen LogP contribution in [0.2, 0.25) is 0 Å². The molecule has 5 heteroatoms. The second kappa shape index (κ2) is 8.15. The van der Waals surface area contributed by atoms with E-state index in [2.05, 4.69) is 22.0 Å². The highest BCUT2D eigenvalue weighted by Crippen LogP contribution is 2.14. The highest BCUT2D eigenvalue weighted by Gasteiger charge is 2.05. The van der Waals surface area contributed by atoms with E-state index in [-0.39, 0.29) is 18.4 Å². The number of amides is 2. The Hall–Kier alpha value is -2.82. The molecule has 24 heavy (non-hydrogen) atoms. The quantitative estimate of drug-likeness (QED) is 0.764. The normalized spacial score (nSPS) is 10.1. The molecule has 0 saturated heterocycles. The molecule has 0 aliphatic rings. The largest absolute Gasteiger partial charge is 0.376 e. The van der Waals surface area contributed by atoms with E-state index in [1.807, 2.05) is 32.9 Å². The van der Waals surface area contributed by atoms with Crippen molar-refractivity contribution in [1.82, 2.24) is 5.32 Å². The lowest BCUT2D eigenvalue weighted by Gasteiger charge is -2.10. The Morgan fingerprint density at radius 1 is 0.917 bits per heavy atom. The Balaban J connectivity index is 1.88. The van der Waals surface area contributed by atoms with Gasteiger partial charge < -0.3 is 16.0 Å². The molecule has 2 rings (SSSR count). The lowest BCUT2D eigenvalue weighted by molar-refractivity contribution is -0.114. The molecule has 0 fully saturated rings. The summed E-state index contributed by atoms with van der Waals surface area (Å²) >= 11 is 0. The fourth-order valence-electron chi connectivity index (χ4n) is 2.44. The molecule has 0 aliphatic heterocycles. The van der Waals surface area contributed by atoms with E-state index in [1.165, 1.54) is 0 Å². The number of aryl methyl sites for hydroxylation is 2. The minimum Gasteiger partial charge on any atom is -0.376 e. The molecule has 0 unspecified atom stereocenters. The van der Waals surface area contributed by atoms with Crippen molar-refractivity contribution < 1.29 is 9.59 Å². The third-order valence-corrected chi connectivity index (χ3v) is 3.44. The Morgan fingerprint density at radius 2 is 1.54 bits per heavy atom. The molecule has 0 aliphatic carbocycles. The fraction of sp³-hybridized carbons (Fsp3) is 0.263. The van der Waals surface area contributed by atoms with Gasteiger partial charge in [0.15, 0.2) is 0 Å². The summed E-state index contributed by atoms with van der Waals surface area (Å²) in [6.45, 7) is 6.63. The monoisotopic (exact) mass is 325 g/mol. The number of hydrogen-bond acceptors (Lipinski definition) is 3. The van der Waals surface area contributed by atoms with Gasteiger partial charge in [0.25, 0.3) is 5.91 Å². The minimum atomic E-state index is -0.118. The topological polar surface area (TPSA) is 70.2 Å². The average molecular weight is 325 g/mol. The number of nitrogens with one attached hydrogen (secondary N) is 3. The van der Waals surface area contributed by atoms with Gasteiger partial charge in [-0.1, -0.05) is 6.07 Å². The van der Waals surface area contributed by atoms with E-state index >= 15 is 0 Å².